The SMILES string of the molecule is CCn1cc(-c2ccc(Cl)cc2Cl)nc1Cc1ccc(-c2ccc(O)cc2)cc1. The third-order valence-corrected chi connectivity index (χ3v) is 5.47. The summed E-state index contributed by atoms with van der Waals surface area (Å²) in [5.74, 6) is 1.26. The van der Waals surface area contributed by atoms with Crippen LogP contribution in [0.2, 0.25) is 10.0 Å². The molecule has 5 heteroatoms. The molecule has 0 aliphatic carbocycles. The highest BCUT2D eigenvalue weighted by Crippen LogP contribution is 2.30. The van der Waals surface area contributed by atoms with Crippen molar-refractivity contribution in [3.8, 4) is 28.1 Å². The summed E-state index contributed by atoms with van der Waals surface area (Å²) < 4.78 is 2.15. The van der Waals surface area contributed by atoms with E-state index in [4.69, 9.17) is 28.2 Å². The van der Waals surface area contributed by atoms with Gasteiger partial charge in [0.15, 0.2) is 0 Å². The van der Waals surface area contributed by atoms with Crippen LogP contribution in [0.4, 0.5) is 0 Å². The van der Waals surface area contributed by atoms with E-state index in [2.05, 4.69) is 35.8 Å². The molecular weight excluding hydrogens is 403 g/mol. The fourth-order valence-electron chi connectivity index (χ4n) is 3.35. The average molecular weight is 423 g/mol. The molecule has 0 atom stereocenters. The third-order valence-electron chi connectivity index (χ3n) is 4.92. The zero-order valence-electron chi connectivity index (χ0n) is 15.9. The molecule has 4 aromatic rings. The molecule has 0 fully saturated rings. The maximum Gasteiger partial charge on any atom is 0.115 e. The van der Waals surface area contributed by atoms with Gasteiger partial charge in [0.1, 0.15) is 11.6 Å². The molecule has 4 rings (SSSR count). The van der Waals surface area contributed by atoms with Gasteiger partial charge in [0.25, 0.3) is 0 Å². The number of benzene rings is 3. The molecule has 3 nitrogen and oxygen atoms in total. The molecule has 0 unspecified atom stereocenters. The van der Waals surface area contributed by atoms with E-state index in [1.165, 1.54) is 5.56 Å². The van der Waals surface area contributed by atoms with Gasteiger partial charge in [-0.2, -0.15) is 0 Å². The van der Waals surface area contributed by atoms with Gasteiger partial charge >= 0.3 is 0 Å². The van der Waals surface area contributed by atoms with E-state index in [0.29, 0.717) is 10.0 Å². The second kappa shape index (κ2) is 8.32. The molecule has 0 saturated heterocycles. The lowest BCUT2D eigenvalue weighted by Gasteiger charge is -2.06. The number of aryl methyl sites for hydroxylation is 1. The van der Waals surface area contributed by atoms with E-state index >= 15 is 0 Å². The van der Waals surface area contributed by atoms with Gasteiger partial charge in [0, 0.05) is 29.7 Å². The lowest BCUT2D eigenvalue weighted by atomic mass is 10.0. The van der Waals surface area contributed by atoms with Crippen molar-refractivity contribution >= 4 is 23.2 Å². The Labute approximate surface area is 180 Å². The van der Waals surface area contributed by atoms with Crippen LogP contribution in [0.15, 0.2) is 72.9 Å². The largest absolute Gasteiger partial charge is 0.508 e. The highest BCUT2D eigenvalue weighted by atomic mass is 35.5. The van der Waals surface area contributed by atoms with Crippen LogP contribution in [0.3, 0.4) is 0 Å². The van der Waals surface area contributed by atoms with E-state index < -0.39 is 0 Å². The Kier molecular flexibility index (Phi) is 5.61. The maximum absolute atomic E-state index is 9.45. The Bertz CT molecular complexity index is 1130. The minimum absolute atomic E-state index is 0.272. The topological polar surface area (TPSA) is 38.0 Å². The van der Waals surface area contributed by atoms with E-state index in [9.17, 15) is 5.11 Å². The van der Waals surface area contributed by atoms with Crippen LogP contribution >= 0.6 is 23.2 Å². The van der Waals surface area contributed by atoms with Crippen LogP contribution in [0.25, 0.3) is 22.4 Å². The Hall–Kier alpha value is -2.75. The summed E-state index contributed by atoms with van der Waals surface area (Å²) >= 11 is 12.4. The van der Waals surface area contributed by atoms with Crippen molar-refractivity contribution in [3.05, 3.63) is 94.4 Å². The normalized spacial score (nSPS) is 11.0. The first-order chi connectivity index (χ1) is 14.0. The lowest BCUT2D eigenvalue weighted by molar-refractivity contribution is 0.475. The van der Waals surface area contributed by atoms with Gasteiger partial charge < -0.3 is 9.67 Å². The molecule has 0 amide bonds. The monoisotopic (exact) mass is 422 g/mol. The number of imidazole rings is 1. The summed E-state index contributed by atoms with van der Waals surface area (Å²) in [6.07, 6.45) is 2.77. The molecule has 0 aliphatic heterocycles. The van der Waals surface area contributed by atoms with Gasteiger partial charge in [-0.15, -0.1) is 0 Å². The number of hydrogen-bond acceptors (Lipinski definition) is 2. The van der Waals surface area contributed by atoms with Crippen molar-refractivity contribution in [2.75, 3.05) is 0 Å². The second-order valence-corrected chi connectivity index (χ2v) is 7.72. The smallest absolute Gasteiger partial charge is 0.115 e. The molecule has 1 heterocycles. The van der Waals surface area contributed by atoms with E-state index in [-0.39, 0.29) is 5.75 Å². The fourth-order valence-corrected chi connectivity index (χ4v) is 3.85. The van der Waals surface area contributed by atoms with Gasteiger partial charge in [-0.3, -0.25) is 0 Å². The van der Waals surface area contributed by atoms with Gasteiger partial charge in [-0.05, 0) is 53.9 Å². The van der Waals surface area contributed by atoms with Crippen LogP contribution in [-0.4, -0.2) is 14.7 Å². The Morgan fingerprint density at radius 1 is 0.897 bits per heavy atom. The molecular formula is C24H20Cl2N2O. The first kappa shape index (κ1) is 19.6. The van der Waals surface area contributed by atoms with Crippen LogP contribution in [0.1, 0.15) is 18.3 Å². The summed E-state index contributed by atoms with van der Waals surface area (Å²) in [7, 11) is 0. The number of hydrogen-bond donors (Lipinski definition) is 1. The summed E-state index contributed by atoms with van der Waals surface area (Å²) in [6, 6.07) is 21.1. The van der Waals surface area contributed by atoms with Crippen LogP contribution in [0.5, 0.6) is 5.75 Å². The van der Waals surface area contributed by atoms with Crippen molar-refractivity contribution in [2.24, 2.45) is 0 Å². The van der Waals surface area contributed by atoms with E-state index in [1.807, 2.05) is 30.5 Å². The fraction of sp³-hybridized carbons (Fsp3) is 0.125. The average Bonchev–Trinajstić information content (AvgIpc) is 3.11. The van der Waals surface area contributed by atoms with E-state index in [1.54, 1.807) is 18.2 Å². The minimum Gasteiger partial charge on any atom is -0.508 e. The quantitative estimate of drug-likeness (QED) is 0.382. The molecule has 0 saturated carbocycles. The predicted molar refractivity (Wildman–Crippen MR) is 120 cm³/mol. The molecule has 0 bridgehead atoms. The summed E-state index contributed by atoms with van der Waals surface area (Å²) in [5.41, 5.74) is 5.10. The number of rotatable bonds is 5. The Morgan fingerprint density at radius 2 is 1.55 bits per heavy atom. The minimum atomic E-state index is 0.272. The predicted octanol–water partition coefficient (Wildman–Crippen LogP) is 6.84. The number of nitrogens with zero attached hydrogens (tertiary/aromatic N) is 2. The molecule has 1 N–H and O–H groups in total. The molecule has 0 aliphatic rings. The summed E-state index contributed by atoms with van der Waals surface area (Å²) in [6.45, 7) is 2.94. The zero-order chi connectivity index (χ0) is 20.4. The summed E-state index contributed by atoms with van der Waals surface area (Å²) in [5, 5.41) is 10.7. The first-order valence-corrected chi connectivity index (χ1v) is 10.2. The second-order valence-electron chi connectivity index (χ2n) is 6.87. The molecule has 3 aromatic carbocycles. The molecule has 146 valence electrons. The van der Waals surface area contributed by atoms with Crippen molar-refractivity contribution < 1.29 is 5.11 Å². The standard InChI is InChI=1S/C24H20Cl2N2O/c1-2-28-15-23(21-12-9-19(25)14-22(21)26)27-24(28)13-16-3-5-17(6-4-16)18-7-10-20(29)11-8-18/h3-12,14-15,29H,2,13H2,1H3. The highest BCUT2D eigenvalue weighted by Gasteiger charge is 2.12. The van der Waals surface area contributed by atoms with Gasteiger partial charge in [0.2, 0.25) is 0 Å². The molecule has 29 heavy (non-hydrogen) atoms. The zero-order valence-corrected chi connectivity index (χ0v) is 17.5. The molecule has 0 radical (unpaired) electrons. The Balaban J connectivity index is 1.59. The Morgan fingerprint density at radius 3 is 2.17 bits per heavy atom. The highest BCUT2D eigenvalue weighted by molar-refractivity contribution is 6.36. The number of aromatic nitrogens is 2. The number of aromatic hydroxyl groups is 1. The van der Waals surface area contributed by atoms with Gasteiger partial charge in [-0.25, -0.2) is 4.98 Å². The van der Waals surface area contributed by atoms with Crippen LogP contribution in [0, 0.1) is 0 Å². The van der Waals surface area contributed by atoms with Gasteiger partial charge in [0.05, 0.1) is 10.7 Å². The summed E-state index contributed by atoms with van der Waals surface area (Å²) in [4.78, 5) is 4.84. The number of phenols is 1. The third kappa shape index (κ3) is 4.31. The number of halogens is 2. The van der Waals surface area contributed by atoms with Crippen molar-refractivity contribution in [1.29, 1.82) is 0 Å². The van der Waals surface area contributed by atoms with Crippen molar-refractivity contribution in [2.45, 2.75) is 19.9 Å². The van der Waals surface area contributed by atoms with Crippen molar-refractivity contribution in [1.82, 2.24) is 9.55 Å². The maximum atomic E-state index is 9.45. The van der Waals surface area contributed by atoms with E-state index in [0.717, 1.165) is 41.2 Å². The van der Waals surface area contributed by atoms with Crippen LogP contribution in [-0.2, 0) is 13.0 Å². The lowest BCUT2D eigenvalue weighted by Crippen LogP contribution is -2.01. The van der Waals surface area contributed by atoms with Gasteiger partial charge in [-0.1, -0.05) is 59.6 Å². The van der Waals surface area contributed by atoms with Crippen LogP contribution < -0.4 is 0 Å². The van der Waals surface area contributed by atoms with Crippen molar-refractivity contribution in [3.63, 3.8) is 0 Å². The molecule has 0 spiro atoms. The number of phenolic OH excluding ortho intramolecular Hbond substituents is 1. The molecule has 1 aromatic heterocycles. The first-order valence-electron chi connectivity index (χ1n) is 9.43.